The number of rotatable bonds is 4. The smallest absolute Gasteiger partial charge is 0.0380 e. The molecule has 0 unspecified atom stereocenters. The lowest BCUT2D eigenvalue weighted by Gasteiger charge is -2.29. The Balaban J connectivity index is 2.02. The molecular weight excluding hydrogens is 286 g/mol. The molecule has 0 saturated carbocycles. The minimum atomic E-state index is 0.460. The molecule has 1 aliphatic rings. The van der Waals surface area contributed by atoms with E-state index in [0.717, 1.165) is 13.0 Å². The summed E-state index contributed by atoms with van der Waals surface area (Å²) in [6.45, 7) is 8.19. The Hall–Kier alpha value is -1.12. The molecule has 1 aliphatic carbocycles. The fourth-order valence-electron chi connectivity index (χ4n) is 3.54. The zero-order chi connectivity index (χ0) is 15.7. The molecule has 22 heavy (non-hydrogen) atoms. The van der Waals surface area contributed by atoms with Gasteiger partial charge in [-0.1, -0.05) is 38.1 Å². The van der Waals surface area contributed by atoms with Crippen LogP contribution in [0, 0.1) is 12.3 Å². The number of likely N-dealkylation sites (N-methyl/N-ethyl adjacent to an activating group) is 1. The number of aryl methyl sites for hydroxylation is 1. The van der Waals surface area contributed by atoms with E-state index in [2.05, 4.69) is 50.4 Å². The van der Waals surface area contributed by atoms with Crippen LogP contribution < -0.4 is 5.32 Å². The lowest BCUT2D eigenvalue weighted by Crippen LogP contribution is -2.21. The van der Waals surface area contributed by atoms with Crippen molar-refractivity contribution in [2.45, 2.75) is 46.5 Å². The van der Waals surface area contributed by atoms with Crippen molar-refractivity contribution >= 4 is 11.3 Å². The monoisotopic (exact) mass is 313 g/mol. The Morgan fingerprint density at radius 2 is 2.00 bits per heavy atom. The van der Waals surface area contributed by atoms with Crippen molar-refractivity contribution in [2.24, 2.45) is 5.41 Å². The van der Waals surface area contributed by atoms with E-state index in [1.807, 2.05) is 18.4 Å². The number of benzene rings is 1. The van der Waals surface area contributed by atoms with Crippen LogP contribution in [0.3, 0.4) is 0 Å². The third-order valence-electron chi connectivity index (χ3n) is 4.95. The zero-order valence-electron chi connectivity index (χ0n) is 14.3. The first-order valence-corrected chi connectivity index (χ1v) is 9.17. The van der Waals surface area contributed by atoms with Gasteiger partial charge in [0.1, 0.15) is 0 Å². The molecule has 0 saturated heterocycles. The van der Waals surface area contributed by atoms with Gasteiger partial charge in [-0.15, -0.1) is 11.3 Å². The molecule has 2 heteroatoms. The molecule has 0 radical (unpaired) electrons. The van der Waals surface area contributed by atoms with Gasteiger partial charge >= 0.3 is 0 Å². The number of hydrogen-bond acceptors (Lipinski definition) is 2. The molecule has 0 atom stereocenters. The molecule has 0 fully saturated rings. The fraction of sp³-hybridized carbons (Fsp3) is 0.500. The van der Waals surface area contributed by atoms with Gasteiger partial charge in [0.25, 0.3) is 0 Å². The molecule has 1 aromatic heterocycles. The summed E-state index contributed by atoms with van der Waals surface area (Å²) in [5.74, 6) is 0. The number of hydrogen-bond donors (Lipinski definition) is 1. The molecule has 0 spiro atoms. The summed E-state index contributed by atoms with van der Waals surface area (Å²) in [4.78, 5) is 3.14. The first kappa shape index (κ1) is 15.8. The quantitative estimate of drug-likeness (QED) is 0.837. The molecule has 2 aromatic rings. The van der Waals surface area contributed by atoms with Crippen molar-refractivity contribution in [1.29, 1.82) is 0 Å². The number of nitrogens with one attached hydrogen (secondary N) is 1. The highest BCUT2D eigenvalue weighted by Crippen LogP contribution is 2.45. The van der Waals surface area contributed by atoms with Crippen LogP contribution in [-0.4, -0.2) is 13.6 Å². The molecule has 118 valence electrons. The van der Waals surface area contributed by atoms with Crippen molar-refractivity contribution in [3.63, 3.8) is 0 Å². The van der Waals surface area contributed by atoms with Crippen LogP contribution in [0.1, 0.15) is 41.8 Å². The Morgan fingerprint density at radius 1 is 1.23 bits per heavy atom. The van der Waals surface area contributed by atoms with Gasteiger partial charge in [-0.2, -0.15) is 0 Å². The van der Waals surface area contributed by atoms with Crippen LogP contribution in [0.2, 0.25) is 0 Å². The first-order chi connectivity index (χ1) is 10.5. The van der Waals surface area contributed by atoms with Gasteiger partial charge in [0, 0.05) is 9.75 Å². The highest BCUT2D eigenvalue weighted by Gasteiger charge is 2.29. The largest absolute Gasteiger partial charge is 0.319 e. The minimum absolute atomic E-state index is 0.460. The summed E-state index contributed by atoms with van der Waals surface area (Å²) < 4.78 is 0. The molecule has 0 bridgehead atoms. The Morgan fingerprint density at radius 3 is 2.77 bits per heavy atom. The Labute approximate surface area is 138 Å². The fourth-order valence-corrected chi connectivity index (χ4v) is 4.92. The van der Waals surface area contributed by atoms with Crippen LogP contribution in [0.25, 0.3) is 10.4 Å². The second-order valence-electron chi connectivity index (χ2n) is 7.31. The second-order valence-corrected chi connectivity index (χ2v) is 8.41. The van der Waals surface area contributed by atoms with E-state index in [-0.39, 0.29) is 0 Å². The zero-order valence-corrected chi connectivity index (χ0v) is 15.1. The predicted molar refractivity (Wildman–Crippen MR) is 97.9 cm³/mol. The molecule has 1 nitrogen and oxygen atoms in total. The summed E-state index contributed by atoms with van der Waals surface area (Å²) >= 11 is 2.04. The lowest BCUT2D eigenvalue weighted by atomic mass is 9.76. The van der Waals surface area contributed by atoms with E-state index in [4.69, 9.17) is 0 Å². The van der Waals surface area contributed by atoms with Gasteiger partial charge in [-0.25, -0.2) is 0 Å². The maximum Gasteiger partial charge on any atom is 0.0380 e. The minimum Gasteiger partial charge on any atom is -0.319 e. The van der Waals surface area contributed by atoms with Crippen molar-refractivity contribution in [2.75, 3.05) is 13.6 Å². The van der Waals surface area contributed by atoms with Crippen LogP contribution in [0.5, 0.6) is 0 Å². The molecule has 3 rings (SSSR count). The van der Waals surface area contributed by atoms with Crippen molar-refractivity contribution in [3.8, 4) is 10.4 Å². The van der Waals surface area contributed by atoms with Crippen molar-refractivity contribution in [1.82, 2.24) is 5.32 Å². The van der Waals surface area contributed by atoms with Gasteiger partial charge in [0.15, 0.2) is 0 Å². The van der Waals surface area contributed by atoms with Crippen LogP contribution in [-0.2, 0) is 19.3 Å². The number of thiophene rings is 1. The standard InChI is InChI=1S/C20H27NS/c1-14-17-13-20(2,3)11-9-18(17)22-19(14)16-8-6-5-7-15(16)10-12-21-4/h5-8,21H,9-13H2,1-4H3. The molecule has 1 aromatic carbocycles. The van der Waals surface area contributed by atoms with E-state index in [9.17, 15) is 0 Å². The summed E-state index contributed by atoms with van der Waals surface area (Å²) in [7, 11) is 2.03. The third-order valence-corrected chi connectivity index (χ3v) is 6.37. The van der Waals surface area contributed by atoms with Gasteiger partial charge in [-0.3, -0.25) is 0 Å². The van der Waals surface area contributed by atoms with Gasteiger partial charge < -0.3 is 5.32 Å². The van der Waals surface area contributed by atoms with Crippen molar-refractivity contribution in [3.05, 3.63) is 45.8 Å². The summed E-state index contributed by atoms with van der Waals surface area (Å²) in [5, 5.41) is 3.27. The Bertz CT molecular complexity index is 666. The maximum absolute atomic E-state index is 3.27. The number of fused-ring (bicyclic) bond motifs is 1. The summed E-state index contributed by atoms with van der Waals surface area (Å²) in [6.07, 6.45) is 4.91. The van der Waals surface area contributed by atoms with E-state index < -0.39 is 0 Å². The van der Waals surface area contributed by atoms with Crippen LogP contribution in [0.15, 0.2) is 24.3 Å². The normalized spacial score (nSPS) is 16.5. The maximum atomic E-state index is 3.27. The highest BCUT2D eigenvalue weighted by molar-refractivity contribution is 7.16. The third kappa shape index (κ3) is 3.00. The molecule has 0 amide bonds. The van der Waals surface area contributed by atoms with Gasteiger partial charge in [-0.05, 0) is 73.9 Å². The van der Waals surface area contributed by atoms with Crippen molar-refractivity contribution < 1.29 is 0 Å². The summed E-state index contributed by atoms with van der Waals surface area (Å²) in [5.41, 5.74) is 6.55. The van der Waals surface area contributed by atoms with E-state index >= 15 is 0 Å². The van der Waals surface area contributed by atoms with Gasteiger partial charge in [0.2, 0.25) is 0 Å². The van der Waals surface area contributed by atoms with E-state index in [1.54, 1.807) is 10.4 Å². The van der Waals surface area contributed by atoms with Crippen LogP contribution in [0.4, 0.5) is 0 Å². The summed E-state index contributed by atoms with van der Waals surface area (Å²) in [6, 6.07) is 8.94. The SMILES string of the molecule is CNCCc1ccccc1-c1sc2c(c1C)CC(C)(C)CC2. The first-order valence-electron chi connectivity index (χ1n) is 8.36. The van der Waals surface area contributed by atoms with E-state index in [1.165, 1.54) is 40.8 Å². The van der Waals surface area contributed by atoms with Crippen LogP contribution >= 0.6 is 11.3 Å². The average Bonchev–Trinajstić information content (AvgIpc) is 2.81. The molecule has 1 N–H and O–H groups in total. The Kier molecular flexibility index (Phi) is 4.42. The van der Waals surface area contributed by atoms with E-state index in [0.29, 0.717) is 5.41 Å². The molecular formula is C20H27NS. The average molecular weight is 314 g/mol. The lowest BCUT2D eigenvalue weighted by molar-refractivity contribution is 0.317. The van der Waals surface area contributed by atoms with Gasteiger partial charge in [0.05, 0.1) is 0 Å². The second kappa shape index (κ2) is 6.17. The molecule has 0 aliphatic heterocycles. The topological polar surface area (TPSA) is 12.0 Å². The molecule has 1 heterocycles. The highest BCUT2D eigenvalue weighted by atomic mass is 32.1. The predicted octanol–water partition coefficient (Wildman–Crippen LogP) is 5.00.